The molecule has 4 rings (SSSR count). The number of benzene rings is 1. The Morgan fingerprint density at radius 1 is 1.19 bits per heavy atom. The molecule has 3 fully saturated rings. The molecule has 2 bridgehead atoms. The molecule has 3 aliphatic rings. The average molecular weight is 517 g/mol. The zero-order valence-corrected chi connectivity index (χ0v) is 22.8. The van der Waals surface area contributed by atoms with Crippen LogP contribution in [0.1, 0.15) is 71.8 Å². The van der Waals surface area contributed by atoms with Crippen LogP contribution >= 0.6 is 0 Å². The number of Topliss-reactive ketones (excluding diaryl/α,β-unsaturated/α-hetero) is 1. The van der Waals surface area contributed by atoms with Gasteiger partial charge in [-0.3, -0.25) is 9.59 Å². The number of esters is 1. The third-order valence-electron chi connectivity index (χ3n) is 10.3. The molecule has 7 heteroatoms. The monoisotopic (exact) mass is 516 g/mol. The second-order valence-electron chi connectivity index (χ2n) is 12.0. The van der Waals surface area contributed by atoms with Gasteiger partial charge in [0.1, 0.15) is 12.6 Å². The maximum atomic E-state index is 13.6. The van der Waals surface area contributed by atoms with Crippen molar-refractivity contribution in [2.24, 2.45) is 34.0 Å². The summed E-state index contributed by atoms with van der Waals surface area (Å²) >= 11 is 0. The molecule has 0 saturated heterocycles. The Labute approximate surface area is 220 Å². The third kappa shape index (κ3) is 4.88. The number of hydrogen-bond donors (Lipinski definition) is 2. The minimum absolute atomic E-state index is 0.0160. The van der Waals surface area contributed by atoms with E-state index in [-0.39, 0.29) is 43.7 Å². The lowest BCUT2D eigenvalue weighted by Gasteiger charge is -2.63. The van der Waals surface area contributed by atoms with Gasteiger partial charge in [-0.05, 0) is 54.4 Å². The Kier molecular flexibility index (Phi) is 8.49. The van der Waals surface area contributed by atoms with Crippen LogP contribution in [0.3, 0.4) is 0 Å². The molecule has 206 valence electrons. The van der Waals surface area contributed by atoms with Gasteiger partial charge in [-0.1, -0.05) is 51.1 Å². The van der Waals surface area contributed by atoms with E-state index in [4.69, 9.17) is 14.2 Å². The van der Waals surface area contributed by atoms with Crippen molar-refractivity contribution in [3.63, 3.8) is 0 Å². The minimum atomic E-state index is -1.04. The topological polar surface area (TPSA) is 102 Å². The van der Waals surface area contributed by atoms with E-state index >= 15 is 0 Å². The summed E-state index contributed by atoms with van der Waals surface area (Å²) in [7, 11) is 0. The van der Waals surface area contributed by atoms with Crippen LogP contribution in [-0.2, 0) is 30.4 Å². The maximum absolute atomic E-state index is 13.6. The summed E-state index contributed by atoms with van der Waals surface area (Å²) < 4.78 is 17.9. The second kappa shape index (κ2) is 11.1. The van der Waals surface area contributed by atoms with Gasteiger partial charge in [0.2, 0.25) is 0 Å². The van der Waals surface area contributed by atoms with Crippen LogP contribution in [-0.4, -0.2) is 54.2 Å². The van der Waals surface area contributed by atoms with Crippen LogP contribution in [0.4, 0.5) is 0 Å². The molecule has 1 aromatic carbocycles. The van der Waals surface area contributed by atoms with E-state index in [1.54, 1.807) is 0 Å². The summed E-state index contributed by atoms with van der Waals surface area (Å²) in [5.74, 6) is -1.05. The number of ether oxygens (including phenoxy) is 3. The van der Waals surface area contributed by atoms with Crippen molar-refractivity contribution < 1.29 is 34.0 Å². The van der Waals surface area contributed by atoms with Crippen molar-refractivity contribution in [1.29, 1.82) is 0 Å². The average Bonchev–Trinajstić information content (AvgIpc) is 3.24. The van der Waals surface area contributed by atoms with Gasteiger partial charge in [-0.25, -0.2) is 0 Å². The number of hydrogen-bond acceptors (Lipinski definition) is 7. The van der Waals surface area contributed by atoms with Crippen molar-refractivity contribution in [1.82, 2.24) is 0 Å². The summed E-state index contributed by atoms with van der Waals surface area (Å²) in [6.45, 7) is 8.18. The molecule has 0 radical (unpaired) electrons. The Bertz CT molecular complexity index is 951. The van der Waals surface area contributed by atoms with Crippen LogP contribution in [0.5, 0.6) is 0 Å². The quantitative estimate of drug-likeness (QED) is 0.287. The number of carbonyl (C=O) groups is 2. The normalized spacial score (nSPS) is 39.5. The fourth-order valence-corrected chi connectivity index (χ4v) is 8.18. The van der Waals surface area contributed by atoms with Gasteiger partial charge in [0.25, 0.3) is 0 Å². The highest BCUT2D eigenvalue weighted by atomic mass is 16.7. The molecule has 0 spiro atoms. The lowest BCUT2D eigenvalue weighted by atomic mass is 9.43. The van der Waals surface area contributed by atoms with Crippen molar-refractivity contribution in [3.05, 3.63) is 35.9 Å². The predicted octanol–water partition coefficient (Wildman–Crippen LogP) is 4.28. The summed E-state index contributed by atoms with van der Waals surface area (Å²) in [5, 5.41) is 22.9. The zero-order valence-electron chi connectivity index (χ0n) is 22.8. The fourth-order valence-electron chi connectivity index (χ4n) is 8.18. The lowest BCUT2D eigenvalue weighted by molar-refractivity contribution is -0.243. The Hall–Kier alpha value is -1.80. The molecular formula is C30H44O7. The number of ketones is 1. The smallest absolute Gasteiger partial charge is 0.302 e. The van der Waals surface area contributed by atoms with Gasteiger partial charge in [-0.2, -0.15) is 0 Å². The molecule has 0 aliphatic heterocycles. The number of carbonyl (C=O) groups excluding carboxylic acids is 2. The van der Waals surface area contributed by atoms with Gasteiger partial charge >= 0.3 is 5.97 Å². The Morgan fingerprint density at radius 3 is 2.57 bits per heavy atom. The van der Waals surface area contributed by atoms with Crippen LogP contribution in [0.2, 0.25) is 0 Å². The van der Waals surface area contributed by atoms with Crippen molar-refractivity contribution in [2.75, 3.05) is 20.0 Å². The molecule has 37 heavy (non-hydrogen) atoms. The van der Waals surface area contributed by atoms with Crippen LogP contribution < -0.4 is 0 Å². The summed E-state index contributed by atoms with van der Waals surface area (Å²) in [4.78, 5) is 25.2. The van der Waals surface area contributed by atoms with Gasteiger partial charge in [0.15, 0.2) is 0 Å². The van der Waals surface area contributed by atoms with Crippen molar-refractivity contribution in [2.45, 2.75) is 85.0 Å². The van der Waals surface area contributed by atoms with E-state index in [0.29, 0.717) is 25.9 Å². The number of rotatable bonds is 9. The van der Waals surface area contributed by atoms with Crippen LogP contribution in [0.15, 0.2) is 30.3 Å². The second-order valence-corrected chi connectivity index (χ2v) is 12.0. The Morgan fingerprint density at radius 2 is 1.92 bits per heavy atom. The SMILES string of the molecule is CC[C@]1(C)C[C@@H](O)[C@@]2(CO)C3C(=O)CC[C@@]3(CC[C@H]2COC(C)=O)[C@H](C)C1OCOCc1ccccc1. The van der Waals surface area contributed by atoms with E-state index < -0.39 is 34.2 Å². The number of aliphatic hydroxyl groups excluding tert-OH is 2. The first kappa shape index (κ1) is 28.2. The van der Waals surface area contributed by atoms with E-state index in [0.717, 1.165) is 24.8 Å². The number of aliphatic hydroxyl groups is 2. The predicted molar refractivity (Wildman–Crippen MR) is 138 cm³/mol. The fraction of sp³-hybridized carbons (Fsp3) is 0.733. The highest BCUT2D eigenvalue weighted by molar-refractivity contribution is 5.85. The highest BCUT2D eigenvalue weighted by Gasteiger charge is 2.70. The van der Waals surface area contributed by atoms with Crippen LogP contribution in [0, 0.1) is 34.0 Å². The maximum Gasteiger partial charge on any atom is 0.302 e. The zero-order chi connectivity index (χ0) is 26.8. The molecule has 0 amide bonds. The summed E-state index contributed by atoms with van der Waals surface area (Å²) in [6.07, 6.45) is 2.60. The highest BCUT2D eigenvalue weighted by Crippen LogP contribution is 2.68. The molecule has 2 N–H and O–H groups in total. The molecular weight excluding hydrogens is 472 g/mol. The van der Waals surface area contributed by atoms with Crippen LogP contribution in [0.25, 0.3) is 0 Å². The minimum Gasteiger partial charge on any atom is -0.466 e. The molecule has 7 nitrogen and oxygen atoms in total. The third-order valence-corrected chi connectivity index (χ3v) is 10.3. The first-order valence-corrected chi connectivity index (χ1v) is 13.8. The standard InChI is InChI=1S/C30H44O7/c1-5-28(4)15-25(34)30(18-31)23(17-36-21(3)32)11-13-29(14-12-24(33)26(29)30)20(2)27(28)37-19-35-16-22-9-7-6-8-10-22/h6-10,20,23,25-27,31,34H,5,11-19H2,1-4H3/t20-,23+,25-,26?,27?,28-,29+,30+/m1/s1. The van der Waals surface area contributed by atoms with Gasteiger partial charge in [0.05, 0.1) is 32.0 Å². The first-order chi connectivity index (χ1) is 17.6. The Balaban J connectivity index is 1.66. The van der Waals surface area contributed by atoms with E-state index in [2.05, 4.69) is 20.8 Å². The largest absolute Gasteiger partial charge is 0.466 e. The first-order valence-electron chi connectivity index (χ1n) is 13.8. The summed E-state index contributed by atoms with van der Waals surface area (Å²) in [6, 6.07) is 9.96. The van der Waals surface area contributed by atoms with Gasteiger partial charge in [0, 0.05) is 30.6 Å². The molecule has 8 atom stereocenters. The van der Waals surface area contributed by atoms with E-state index in [1.165, 1.54) is 6.92 Å². The molecule has 3 saturated carbocycles. The molecule has 3 aliphatic carbocycles. The molecule has 2 unspecified atom stereocenters. The molecule has 0 heterocycles. The van der Waals surface area contributed by atoms with Crippen molar-refractivity contribution >= 4 is 11.8 Å². The van der Waals surface area contributed by atoms with E-state index in [1.807, 2.05) is 30.3 Å². The molecule has 1 aromatic rings. The van der Waals surface area contributed by atoms with Gasteiger partial charge < -0.3 is 24.4 Å². The van der Waals surface area contributed by atoms with E-state index in [9.17, 15) is 19.8 Å². The lowest BCUT2D eigenvalue weighted by Crippen LogP contribution is -2.66. The van der Waals surface area contributed by atoms with Crippen molar-refractivity contribution in [3.8, 4) is 0 Å². The van der Waals surface area contributed by atoms with Gasteiger partial charge in [-0.15, -0.1) is 0 Å². The summed E-state index contributed by atoms with van der Waals surface area (Å²) in [5.41, 5.74) is -0.762. The molecule has 0 aromatic heterocycles.